The minimum atomic E-state index is 0.347. The zero-order chi connectivity index (χ0) is 7.40. The molecule has 2 radical (unpaired) electrons. The zero-order valence-corrected chi connectivity index (χ0v) is 5.41. The lowest BCUT2D eigenvalue weighted by atomic mass is 9.99. The van der Waals surface area contributed by atoms with E-state index in [1.807, 2.05) is 6.07 Å². The van der Waals surface area contributed by atoms with Crippen LogP contribution >= 0.6 is 0 Å². The van der Waals surface area contributed by atoms with Gasteiger partial charge in [-0.25, -0.2) is 0 Å². The Morgan fingerprint density at radius 3 is 2.90 bits per heavy atom. The molecule has 1 aromatic rings. The lowest BCUT2D eigenvalue weighted by Gasteiger charge is -1.92. The van der Waals surface area contributed by atoms with Crippen LogP contribution in [0.4, 0.5) is 0 Å². The van der Waals surface area contributed by atoms with Crippen molar-refractivity contribution in [2.24, 2.45) is 0 Å². The molecular formula is C7H5BN2. The highest BCUT2D eigenvalue weighted by Gasteiger charge is 1.89. The van der Waals surface area contributed by atoms with Gasteiger partial charge in [0.25, 0.3) is 0 Å². The van der Waals surface area contributed by atoms with Crippen LogP contribution in [0.1, 0.15) is 5.69 Å². The second-order valence-corrected chi connectivity index (χ2v) is 1.92. The highest BCUT2D eigenvalue weighted by molar-refractivity contribution is 6.31. The van der Waals surface area contributed by atoms with Crippen molar-refractivity contribution in [2.45, 2.75) is 6.42 Å². The summed E-state index contributed by atoms with van der Waals surface area (Å²) in [4.78, 5) is 3.92. The third kappa shape index (κ3) is 1.59. The van der Waals surface area contributed by atoms with Gasteiger partial charge in [-0.15, -0.1) is 0 Å². The molecule has 0 aliphatic heterocycles. The molecule has 1 aromatic heterocycles. The van der Waals surface area contributed by atoms with Gasteiger partial charge >= 0.3 is 0 Å². The Hall–Kier alpha value is -1.30. The smallest absolute Gasteiger partial charge is 0.115 e. The van der Waals surface area contributed by atoms with Crippen LogP contribution in [0.5, 0.6) is 0 Å². The number of aromatic nitrogens is 1. The largest absolute Gasteiger partial charge is 0.261 e. The van der Waals surface area contributed by atoms with E-state index in [-0.39, 0.29) is 0 Å². The van der Waals surface area contributed by atoms with E-state index < -0.39 is 0 Å². The minimum Gasteiger partial charge on any atom is -0.261 e. The first-order valence-electron chi connectivity index (χ1n) is 2.90. The summed E-state index contributed by atoms with van der Waals surface area (Å²) in [6, 6.07) is 5.48. The molecule has 46 valence electrons. The molecule has 0 N–H and O–H groups in total. The van der Waals surface area contributed by atoms with E-state index in [1.165, 1.54) is 0 Å². The van der Waals surface area contributed by atoms with Crippen molar-refractivity contribution in [3.8, 4) is 6.07 Å². The fourth-order valence-corrected chi connectivity index (χ4v) is 0.621. The highest BCUT2D eigenvalue weighted by Crippen LogP contribution is 1.90. The van der Waals surface area contributed by atoms with Crippen LogP contribution in [0, 0.1) is 11.3 Å². The molecule has 10 heavy (non-hydrogen) atoms. The monoisotopic (exact) mass is 128 g/mol. The van der Waals surface area contributed by atoms with Gasteiger partial charge in [0.1, 0.15) is 7.85 Å². The lowest BCUT2D eigenvalue weighted by Crippen LogP contribution is -2.03. The fraction of sp³-hybridized carbons (Fsp3) is 0.143. The van der Waals surface area contributed by atoms with E-state index >= 15 is 0 Å². The summed E-state index contributed by atoms with van der Waals surface area (Å²) < 4.78 is 0. The van der Waals surface area contributed by atoms with Gasteiger partial charge in [0.15, 0.2) is 0 Å². The molecule has 0 atom stereocenters. The highest BCUT2D eigenvalue weighted by atomic mass is 14.7. The van der Waals surface area contributed by atoms with Crippen LogP contribution in [0.2, 0.25) is 0 Å². The van der Waals surface area contributed by atoms with Crippen LogP contribution in [-0.4, -0.2) is 12.8 Å². The fourth-order valence-electron chi connectivity index (χ4n) is 0.621. The molecule has 0 unspecified atom stereocenters. The molecule has 0 bridgehead atoms. The van der Waals surface area contributed by atoms with E-state index in [1.54, 1.807) is 18.3 Å². The van der Waals surface area contributed by atoms with Crippen molar-refractivity contribution in [1.82, 2.24) is 4.98 Å². The quantitative estimate of drug-likeness (QED) is 0.496. The maximum Gasteiger partial charge on any atom is 0.115 e. The average Bonchev–Trinajstić information content (AvgIpc) is 1.95. The lowest BCUT2D eigenvalue weighted by molar-refractivity contribution is 1.12. The summed E-state index contributed by atoms with van der Waals surface area (Å²) in [5.74, 6) is 0. The normalized spacial score (nSPS) is 8.70. The van der Waals surface area contributed by atoms with Crippen molar-refractivity contribution >= 4 is 13.3 Å². The van der Waals surface area contributed by atoms with E-state index in [0.717, 1.165) is 5.69 Å². The molecule has 3 heteroatoms. The first-order valence-corrected chi connectivity index (χ1v) is 2.90. The van der Waals surface area contributed by atoms with E-state index in [9.17, 15) is 0 Å². The third-order valence-electron chi connectivity index (χ3n) is 1.11. The van der Waals surface area contributed by atoms with Crippen molar-refractivity contribution in [2.75, 3.05) is 0 Å². The first-order chi connectivity index (χ1) is 4.83. The molecule has 0 fully saturated rings. The first kappa shape index (κ1) is 6.82. The van der Waals surface area contributed by atoms with Crippen molar-refractivity contribution < 1.29 is 0 Å². The maximum absolute atomic E-state index is 8.27. The van der Waals surface area contributed by atoms with Gasteiger partial charge < -0.3 is 0 Å². The predicted octanol–water partition coefficient (Wildman–Crippen LogP) is -0.0585. The number of rotatable bonds is 1. The van der Waals surface area contributed by atoms with Gasteiger partial charge in [-0.3, -0.25) is 4.98 Å². The summed E-state index contributed by atoms with van der Waals surface area (Å²) in [5, 5.41) is 8.27. The van der Waals surface area contributed by atoms with Crippen LogP contribution in [0.3, 0.4) is 0 Å². The molecule has 1 rings (SSSR count). The van der Waals surface area contributed by atoms with Gasteiger partial charge in [0, 0.05) is 6.20 Å². The maximum atomic E-state index is 8.27. The van der Waals surface area contributed by atoms with Crippen LogP contribution in [0.15, 0.2) is 18.3 Å². The van der Waals surface area contributed by atoms with E-state index in [2.05, 4.69) is 4.98 Å². The Balaban J connectivity index is 2.81. The van der Waals surface area contributed by atoms with Crippen LogP contribution in [0.25, 0.3) is 0 Å². The molecule has 0 aromatic carbocycles. The Kier molecular flexibility index (Phi) is 2.06. The summed E-state index contributed by atoms with van der Waals surface area (Å²) in [6.45, 7) is 0. The van der Waals surface area contributed by atoms with E-state index in [4.69, 9.17) is 13.1 Å². The Morgan fingerprint density at radius 2 is 2.40 bits per heavy atom. The predicted molar refractivity (Wildman–Crippen MR) is 38.9 cm³/mol. The standard InChI is InChI=1S/C7H5BN2/c8-6-1-2-7(3-4-9)10-5-6/h1-2,5H,3H2. The molecule has 0 amide bonds. The molecular weight excluding hydrogens is 123 g/mol. The number of hydrogen-bond donors (Lipinski definition) is 0. The number of nitriles is 1. The van der Waals surface area contributed by atoms with Gasteiger partial charge in [0.05, 0.1) is 18.2 Å². The number of nitrogens with zero attached hydrogens (tertiary/aromatic N) is 2. The Labute approximate surface area is 60.9 Å². The summed E-state index contributed by atoms with van der Waals surface area (Å²) in [6.07, 6.45) is 1.90. The van der Waals surface area contributed by atoms with Gasteiger partial charge in [-0.1, -0.05) is 11.5 Å². The summed E-state index contributed by atoms with van der Waals surface area (Å²) in [7, 11) is 5.38. The average molecular weight is 128 g/mol. The Bertz CT molecular complexity index is 247. The van der Waals surface area contributed by atoms with Gasteiger partial charge in [0.2, 0.25) is 0 Å². The van der Waals surface area contributed by atoms with Gasteiger partial charge in [-0.05, 0) is 6.07 Å². The van der Waals surface area contributed by atoms with Crippen molar-refractivity contribution in [3.05, 3.63) is 24.0 Å². The molecule has 0 aliphatic carbocycles. The van der Waals surface area contributed by atoms with Crippen LogP contribution < -0.4 is 5.46 Å². The summed E-state index contributed by atoms with van der Waals surface area (Å²) >= 11 is 0. The molecule has 0 aliphatic rings. The number of pyridine rings is 1. The van der Waals surface area contributed by atoms with Crippen molar-refractivity contribution in [3.63, 3.8) is 0 Å². The molecule has 2 nitrogen and oxygen atoms in total. The third-order valence-corrected chi connectivity index (χ3v) is 1.11. The second-order valence-electron chi connectivity index (χ2n) is 1.92. The number of hydrogen-bond acceptors (Lipinski definition) is 2. The topological polar surface area (TPSA) is 36.7 Å². The molecule has 0 saturated carbocycles. The second kappa shape index (κ2) is 3.02. The van der Waals surface area contributed by atoms with Crippen LogP contribution in [-0.2, 0) is 6.42 Å². The van der Waals surface area contributed by atoms with Crippen molar-refractivity contribution in [1.29, 1.82) is 5.26 Å². The Morgan fingerprint density at radius 1 is 1.60 bits per heavy atom. The van der Waals surface area contributed by atoms with Gasteiger partial charge in [-0.2, -0.15) is 5.26 Å². The molecule has 0 saturated heterocycles. The molecule has 1 heterocycles. The SMILES string of the molecule is [B]c1ccc(CC#N)nc1. The molecule has 0 spiro atoms. The minimum absolute atomic E-state index is 0.347. The zero-order valence-electron chi connectivity index (χ0n) is 5.41. The summed E-state index contributed by atoms with van der Waals surface area (Å²) in [5.41, 5.74) is 1.39. The van der Waals surface area contributed by atoms with E-state index in [0.29, 0.717) is 11.9 Å².